The summed E-state index contributed by atoms with van der Waals surface area (Å²) in [5.74, 6) is 0.139. The van der Waals surface area contributed by atoms with Crippen LogP contribution >= 0.6 is 0 Å². The van der Waals surface area contributed by atoms with E-state index in [1.807, 2.05) is 53.5 Å². The minimum absolute atomic E-state index is 0.00741. The number of benzene rings is 2. The smallest absolute Gasteiger partial charge is 0.227 e. The van der Waals surface area contributed by atoms with Gasteiger partial charge in [-0.15, -0.1) is 0 Å². The first-order valence-electron chi connectivity index (χ1n) is 9.26. The van der Waals surface area contributed by atoms with Crippen LogP contribution in [0.15, 0.2) is 67.0 Å². The van der Waals surface area contributed by atoms with E-state index in [9.17, 15) is 4.79 Å². The number of hydrogen-bond acceptors (Lipinski definition) is 2. The normalized spacial score (nSPS) is 16.1. The summed E-state index contributed by atoms with van der Waals surface area (Å²) in [5, 5.41) is 7.52. The van der Waals surface area contributed by atoms with E-state index in [-0.39, 0.29) is 11.8 Å². The number of carbonyl (C=O) groups is 1. The molecule has 0 aliphatic heterocycles. The van der Waals surface area contributed by atoms with E-state index in [1.54, 1.807) is 0 Å². The molecule has 4 rings (SSSR count). The molecule has 132 valence electrons. The Morgan fingerprint density at radius 3 is 2.81 bits per heavy atom. The third-order valence-corrected chi connectivity index (χ3v) is 5.06. The summed E-state index contributed by atoms with van der Waals surface area (Å²) in [6, 6.07) is 18.4. The van der Waals surface area contributed by atoms with E-state index in [4.69, 9.17) is 0 Å². The molecule has 2 aromatic carbocycles. The number of amides is 1. The molecule has 1 aromatic heterocycles. The van der Waals surface area contributed by atoms with Crippen molar-refractivity contribution in [2.75, 3.05) is 6.54 Å². The second kappa shape index (κ2) is 7.56. The Bertz CT molecular complexity index is 885. The van der Waals surface area contributed by atoms with E-state index in [0.717, 1.165) is 36.9 Å². The minimum Gasteiger partial charge on any atom is -0.355 e. The summed E-state index contributed by atoms with van der Waals surface area (Å²) >= 11 is 0. The molecule has 1 aliphatic rings. The van der Waals surface area contributed by atoms with Gasteiger partial charge >= 0.3 is 0 Å². The average molecular weight is 345 g/mol. The Labute approximate surface area is 153 Å². The van der Waals surface area contributed by atoms with Crippen LogP contribution in [-0.4, -0.2) is 22.2 Å². The van der Waals surface area contributed by atoms with Gasteiger partial charge in [0.1, 0.15) is 0 Å². The molecule has 0 spiro atoms. The van der Waals surface area contributed by atoms with Crippen LogP contribution in [0.25, 0.3) is 5.69 Å². The number of hydrogen-bond donors (Lipinski definition) is 1. The molecule has 1 heterocycles. The number of fused-ring (bicyclic) bond motifs is 1. The van der Waals surface area contributed by atoms with Crippen molar-refractivity contribution >= 4 is 5.91 Å². The largest absolute Gasteiger partial charge is 0.355 e. The van der Waals surface area contributed by atoms with Gasteiger partial charge in [0.2, 0.25) is 5.91 Å². The molecule has 1 unspecified atom stereocenters. The van der Waals surface area contributed by atoms with Crippen LogP contribution in [0.4, 0.5) is 0 Å². The van der Waals surface area contributed by atoms with Gasteiger partial charge in [-0.2, -0.15) is 5.10 Å². The van der Waals surface area contributed by atoms with Gasteiger partial charge in [0.05, 0.1) is 17.8 Å². The number of aryl methyl sites for hydroxylation is 1. The maximum atomic E-state index is 12.6. The predicted molar refractivity (Wildman–Crippen MR) is 102 cm³/mol. The van der Waals surface area contributed by atoms with E-state index in [0.29, 0.717) is 6.54 Å². The van der Waals surface area contributed by atoms with Gasteiger partial charge in [-0.3, -0.25) is 4.79 Å². The van der Waals surface area contributed by atoms with Crippen molar-refractivity contribution in [1.82, 2.24) is 15.1 Å². The summed E-state index contributed by atoms with van der Waals surface area (Å²) in [5.41, 5.74) is 4.69. The van der Waals surface area contributed by atoms with Gasteiger partial charge in [-0.1, -0.05) is 42.5 Å². The Kier molecular flexibility index (Phi) is 4.82. The standard InChI is InChI=1S/C22H23N3O/c26-22(21-12-6-8-18-7-4-5-11-20(18)21)23-14-13-17-15-24-25(16-17)19-9-2-1-3-10-19/h1-5,7,9-11,15-16,21H,6,8,12-14H2,(H,23,26). The molecule has 1 N–H and O–H groups in total. The number of nitrogens with zero attached hydrogens (tertiary/aromatic N) is 2. The fourth-order valence-electron chi connectivity index (χ4n) is 3.69. The van der Waals surface area contributed by atoms with Gasteiger partial charge in [0.25, 0.3) is 0 Å². The highest BCUT2D eigenvalue weighted by molar-refractivity contribution is 5.84. The highest BCUT2D eigenvalue weighted by Crippen LogP contribution is 2.31. The van der Waals surface area contributed by atoms with Crippen LogP contribution in [0, 0.1) is 0 Å². The Balaban J connectivity index is 1.34. The Morgan fingerprint density at radius 1 is 1.12 bits per heavy atom. The molecule has 4 nitrogen and oxygen atoms in total. The summed E-state index contributed by atoms with van der Waals surface area (Å²) < 4.78 is 1.87. The molecular weight excluding hydrogens is 322 g/mol. The second-order valence-corrected chi connectivity index (χ2v) is 6.81. The number of carbonyl (C=O) groups excluding carboxylic acids is 1. The van der Waals surface area contributed by atoms with E-state index in [1.165, 1.54) is 11.1 Å². The third kappa shape index (κ3) is 3.54. The van der Waals surface area contributed by atoms with E-state index < -0.39 is 0 Å². The summed E-state index contributed by atoms with van der Waals surface area (Å²) in [4.78, 5) is 12.6. The Hall–Kier alpha value is -2.88. The topological polar surface area (TPSA) is 46.9 Å². The third-order valence-electron chi connectivity index (χ3n) is 5.06. The monoisotopic (exact) mass is 345 g/mol. The Morgan fingerprint density at radius 2 is 1.92 bits per heavy atom. The minimum atomic E-state index is -0.00741. The van der Waals surface area contributed by atoms with Crippen LogP contribution in [0.3, 0.4) is 0 Å². The molecule has 1 amide bonds. The molecule has 0 radical (unpaired) electrons. The number of aromatic nitrogens is 2. The van der Waals surface area contributed by atoms with Crippen molar-refractivity contribution in [2.24, 2.45) is 0 Å². The van der Waals surface area contributed by atoms with Crippen molar-refractivity contribution in [2.45, 2.75) is 31.6 Å². The number of para-hydroxylation sites is 1. The van der Waals surface area contributed by atoms with Crippen molar-refractivity contribution in [1.29, 1.82) is 0 Å². The first-order chi connectivity index (χ1) is 12.8. The maximum Gasteiger partial charge on any atom is 0.227 e. The van der Waals surface area contributed by atoms with Crippen LogP contribution in [0.5, 0.6) is 0 Å². The lowest BCUT2D eigenvalue weighted by Gasteiger charge is -2.24. The molecular formula is C22H23N3O. The zero-order chi connectivity index (χ0) is 17.8. The molecule has 3 aromatic rings. The first-order valence-corrected chi connectivity index (χ1v) is 9.26. The molecule has 26 heavy (non-hydrogen) atoms. The molecule has 1 atom stereocenters. The zero-order valence-corrected chi connectivity index (χ0v) is 14.8. The second-order valence-electron chi connectivity index (χ2n) is 6.81. The average Bonchev–Trinajstić information content (AvgIpc) is 3.17. The maximum absolute atomic E-state index is 12.6. The lowest BCUT2D eigenvalue weighted by molar-refractivity contribution is -0.122. The van der Waals surface area contributed by atoms with Gasteiger partial charge in [0.15, 0.2) is 0 Å². The molecule has 0 saturated carbocycles. The fourth-order valence-corrected chi connectivity index (χ4v) is 3.69. The quantitative estimate of drug-likeness (QED) is 0.767. The SMILES string of the molecule is O=C(NCCc1cnn(-c2ccccc2)c1)C1CCCc2ccccc21. The number of rotatable bonds is 5. The van der Waals surface area contributed by atoms with Crippen molar-refractivity contribution in [3.63, 3.8) is 0 Å². The van der Waals surface area contributed by atoms with Crippen molar-refractivity contribution in [3.05, 3.63) is 83.7 Å². The highest BCUT2D eigenvalue weighted by Gasteiger charge is 2.25. The predicted octanol–water partition coefficient (Wildman–Crippen LogP) is 3.65. The van der Waals surface area contributed by atoms with Gasteiger partial charge < -0.3 is 5.32 Å². The van der Waals surface area contributed by atoms with Gasteiger partial charge in [0, 0.05) is 12.7 Å². The first kappa shape index (κ1) is 16.6. The van der Waals surface area contributed by atoms with Crippen LogP contribution in [-0.2, 0) is 17.6 Å². The van der Waals surface area contributed by atoms with Gasteiger partial charge in [-0.05, 0) is 54.5 Å². The van der Waals surface area contributed by atoms with Crippen molar-refractivity contribution in [3.8, 4) is 5.69 Å². The summed E-state index contributed by atoms with van der Waals surface area (Å²) in [6.07, 6.45) is 7.78. The zero-order valence-electron chi connectivity index (χ0n) is 14.8. The highest BCUT2D eigenvalue weighted by atomic mass is 16.1. The van der Waals surface area contributed by atoms with E-state index >= 15 is 0 Å². The van der Waals surface area contributed by atoms with Crippen molar-refractivity contribution < 1.29 is 4.79 Å². The van der Waals surface area contributed by atoms with E-state index in [2.05, 4.69) is 28.6 Å². The summed E-state index contributed by atoms with van der Waals surface area (Å²) in [6.45, 7) is 0.637. The lowest BCUT2D eigenvalue weighted by Crippen LogP contribution is -2.32. The molecule has 4 heteroatoms. The lowest BCUT2D eigenvalue weighted by atomic mass is 9.82. The van der Waals surface area contributed by atoms with Crippen LogP contribution in [0.1, 0.15) is 35.4 Å². The fraction of sp³-hybridized carbons (Fsp3) is 0.273. The van der Waals surface area contributed by atoms with Crippen LogP contribution < -0.4 is 5.32 Å². The molecule has 0 saturated heterocycles. The van der Waals surface area contributed by atoms with Gasteiger partial charge in [-0.25, -0.2) is 4.68 Å². The molecule has 0 bridgehead atoms. The molecule has 1 aliphatic carbocycles. The number of nitrogens with one attached hydrogen (secondary N) is 1. The molecule has 0 fully saturated rings. The summed E-state index contributed by atoms with van der Waals surface area (Å²) in [7, 11) is 0. The van der Waals surface area contributed by atoms with Crippen LogP contribution in [0.2, 0.25) is 0 Å².